The van der Waals surface area contributed by atoms with Crippen LogP contribution in [-0.2, 0) is 17.5 Å². The van der Waals surface area contributed by atoms with Crippen LogP contribution in [0.4, 0.5) is 0 Å². The minimum atomic E-state index is -0.449. The molecule has 4 nitrogen and oxygen atoms in total. The first-order valence-electron chi connectivity index (χ1n) is 23.3. The molecule has 0 spiro atoms. The van der Waals surface area contributed by atoms with Gasteiger partial charge in [0.2, 0.25) is 0 Å². The van der Waals surface area contributed by atoms with E-state index in [0.717, 1.165) is 37.9 Å². The van der Waals surface area contributed by atoms with E-state index in [1.54, 1.807) is 0 Å². The molecule has 64 heavy (non-hydrogen) atoms. The molecule has 0 aliphatic heterocycles. The van der Waals surface area contributed by atoms with Crippen LogP contribution in [0.25, 0.3) is 82.4 Å². The maximum absolute atomic E-state index is 5.15. The lowest BCUT2D eigenvalue weighted by atomic mass is 9.80. The SMILES string of the molecule is C/C=C\C(C)(c1ccc2c(c1)c1ccccc1n2C(CCC)(CCC)c1ccc2c(c1)c1ccccc1n2-c1cc2c(cn1)Cc1ccccc1-2)n1c2ccccc2c2ccccc21. The van der Waals surface area contributed by atoms with Gasteiger partial charge < -0.3 is 9.13 Å². The van der Waals surface area contributed by atoms with Gasteiger partial charge >= 0.3 is 0 Å². The van der Waals surface area contributed by atoms with Crippen molar-refractivity contribution in [3.63, 3.8) is 0 Å². The Morgan fingerprint density at radius 2 is 1.00 bits per heavy atom. The van der Waals surface area contributed by atoms with Crippen LogP contribution in [0.3, 0.4) is 0 Å². The van der Waals surface area contributed by atoms with Crippen LogP contribution in [0.5, 0.6) is 0 Å². The van der Waals surface area contributed by atoms with E-state index in [1.165, 1.54) is 98.8 Å². The Balaban J connectivity index is 1.07. The van der Waals surface area contributed by atoms with Gasteiger partial charge in [-0.2, -0.15) is 0 Å². The molecule has 1 unspecified atom stereocenters. The number of para-hydroxylation sites is 4. The number of benzene rings is 7. The van der Waals surface area contributed by atoms with Gasteiger partial charge in [-0.3, -0.25) is 4.57 Å². The first kappa shape index (κ1) is 38.5. The standard InChI is InChI=1S/C60H52N4/c1-5-32-59(4,63-54-25-15-11-20-45(54)46-21-12-16-26-55(46)63)42-28-31-57-51(36-42)48-23-13-17-27-56(48)64(57)60(33-6-2,34-7-3)43-29-30-53-50(37-43)47-22-10-14-24-52(47)62(53)58-38-49-41(39-61-58)35-40-18-8-9-19-44(40)49/h5,8-32,36-39H,6-7,33-35H2,1-4H3/b32-5-. The number of hydrogen-bond donors (Lipinski definition) is 0. The molecule has 4 heteroatoms. The fraction of sp³-hybridized carbons (Fsp3) is 0.183. The highest BCUT2D eigenvalue weighted by Gasteiger charge is 2.37. The van der Waals surface area contributed by atoms with Crippen molar-refractivity contribution in [3.05, 3.63) is 204 Å². The molecule has 0 saturated heterocycles. The molecule has 4 heterocycles. The van der Waals surface area contributed by atoms with Crippen molar-refractivity contribution in [2.24, 2.45) is 0 Å². The second-order valence-corrected chi connectivity index (χ2v) is 18.3. The van der Waals surface area contributed by atoms with Gasteiger partial charge in [-0.05, 0) is 115 Å². The van der Waals surface area contributed by atoms with Gasteiger partial charge in [0.05, 0.1) is 33.1 Å². The van der Waals surface area contributed by atoms with Crippen molar-refractivity contribution in [1.82, 2.24) is 18.7 Å². The third-order valence-electron chi connectivity index (χ3n) is 14.6. The van der Waals surface area contributed by atoms with Crippen molar-refractivity contribution in [3.8, 4) is 16.9 Å². The summed E-state index contributed by atoms with van der Waals surface area (Å²) in [6.07, 6.45) is 11.8. The van der Waals surface area contributed by atoms with E-state index in [4.69, 9.17) is 4.98 Å². The second kappa shape index (κ2) is 14.7. The first-order chi connectivity index (χ1) is 31.5. The van der Waals surface area contributed by atoms with Crippen molar-refractivity contribution < 1.29 is 0 Å². The Morgan fingerprint density at radius 3 is 1.67 bits per heavy atom. The number of fused-ring (bicyclic) bond motifs is 12. The first-order valence-corrected chi connectivity index (χ1v) is 23.3. The fourth-order valence-electron chi connectivity index (χ4n) is 12.0. The van der Waals surface area contributed by atoms with Gasteiger partial charge in [0.25, 0.3) is 0 Å². The summed E-state index contributed by atoms with van der Waals surface area (Å²) >= 11 is 0. The molecule has 11 aromatic rings. The van der Waals surface area contributed by atoms with Crippen LogP contribution in [-0.4, -0.2) is 18.7 Å². The molecule has 4 aromatic heterocycles. The number of pyridine rings is 1. The zero-order valence-corrected chi connectivity index (χ0v) is 37.1. The van der Waals surface area contributed by atoms with Crippen molar-refractivity contribution in [1.29, 1.82) is 0 Å². The average Bonchev–Trinajstić information content (AvgIpc) is 4.08. The molecule has 1 aliphatic carbocycles. The van der Waals surface area contributed by atoms with E-state index in [2.05, 4.69) is 224 Å². The summed E-state index contributed by atoms with van der Waals surface area (Å²) in [5, 5.41) is 7.67. The van der Waals surface area contributed by atoms with Gasteiger partial charge in [0, 0.05) is 56.0 Å². The van der Waals surface area contributed by atoms with Gasteiger partial charge in [-0.1, -0.05) is 148 Å². The highest BCUT2D eigenvalue weighted by Crippen LogP contribution is 2.47. The lowest BCUT2D eigenvalue weighted by Crippen LogP contribution is -2.35. The van der Waals surface area contributed by atoms with Crippen LogP contribution in [0.2, 0.25) is 0 Å². The quantitative estimate of drug-likeness (QED) is 0.126. The fourth-order valence-corrected chi connectivity index (χ4v) is 12.0. The monoisotopic (exact) mass is 828 g/mol. The Labute approximate surface area is 374 Å². The minimum Gasteiger partial charge on any atom is -0.330 e. The topological polar surface area (TPSA) is 27.7 Å². The Hall–Kier alpha value is -7.17. The Kier molecular flexibility index (Phi) is 8.85. The molecule has 0 N–H and O–H groups in total. The Bertz CT molecular complexity index is 3610. The molecular formula is C60H52N4. The van der Waals surface area contributed by atoms with Crippen LogP contribution in [0.15, 0.2) is 182 Å². The summed E-state index contributed by atoms with van der Waals surface area (Å²) in [7, 11) is 0. The molecule has 312 valence electrons. The molecule has 0 amide bonds. The number of allylic oxidation sites excluding steroid dienone is 2. The molecule has 1 aliphatic rings. The van der Waals surface area contributed by atoms with E-state index in [1.807, 2.05) is 0 Å². The van der Waals surface area contributed by atoms with Gasteiger partial charge in [-0.25, -0.2) is 4.98 Å². The van der Waals surface area contributed by atoms with Crippen LogP contribution in [0.1, 0.15) is 75.6 Å². The molecule has 1 atom stereocenters. The average molecular weight is 829 g/mol. The third kappa shape index (κ3) is 5.44. The van der Waals surface area contributed by atoms with Crippen LogP contribution in [0, 0.1) is 0 Å². The number of aromatic nitrogens is 4. The van der Waals surface area contributed by atoms with Crippen LogP contribution < -0.4 is 0 Å². The van der Waals surface area contributed by atoms with Gasteiger partial charge in [0.15, 0.2) is 0 Å². The molecule has 0 fully saturated rings. The number of rotatable bonds is 10. The van der Waals surface area contributed by atoms with Crippen molar-refractivity contribution in [2.45, 2.75) is 70.9 Å². The molecular weight excluding hydrogens is 777 g/mol. The normalized spacial score (nSPS) is 13.9. The lowest BCUT2D eigenvalue weighted by Gasteiger charge is -2.38. The third-order valence-corrected chi connectivity index (χ3v) is 14.6. The van der Waals surface area contributed by atoms with E-state index >= 15 is 0 Å². The van der Waals surface area contributed by atoms with Gasteiger partial charge in [-0.15, -0.1) is 0 Å². The van der Waals surface area contributed by atoms with Crippen molar-refractivity contribution >= 4 is 65.4 Å². The van der Waals surface area contributed by atoms with Crippen LogP contribution >= 0.6 is 0 Å². The predicted octanol–water partition coefficient (Wildman–Crippen LogP) is 15.6. The highest BCUT2D eigenvalue weighted by molar-refractivity contribution is 6.11. The Morgan fingerprint density at radius 1 is 0.500 bits per heavy atom. The molecule has 0 radical (unpaired) electrons. The zero-order valence-electron chi connectivity index (χ0n) is 37.1. The van der Waals surface area contributed by atoms with Crippen molar-refractivity contribution in [2.75, 3.05) is 0 Å². The molecule has 0 bridgehead atoms. The van der Waals surface area contributed by atoms with E-state index in [-0.39, 0.29) is 5.54 Å². The summed E-state index contributed by atoms with van der Waals surface area (Å²) in [5.74, 6) is 0.965. The highest BCUT2D eigenvalue weighted by atomic mass is 15.1. The summed E-state index contributed by atoms with van der Waals surface area (Å²) in [6, 6.07) is 61.6. The summed E-state index contributed by atoms with van der Waals surface area (Å²) in [6.45, 7) is 9.24. The maximum atomic E-state index is 5.15. The molecule has 12 rings (SSSR count). The van der Waals surface area contributed by atoms with E-state index < -0.39 is 5.54 Å². The zero-order chi connectivity index (χ0) is 43.2. The predicted molar refractivity (Wildman–Crippen MR) is 270 cm³/mol. The second-order valence-electron chi connectivity index (χ2n) is 18.3. The molecule has 0 saturated carbocycles. The number of nitrogens with zero attached hydrogens (tertiary/aromatic N) is 4. The summed E-state index contributed by atoms with van der Waals surface area (Å²) in [4.78, 5) is 5.15. The lowest BCUT2D eigenvalue weighted by molar-refractivity contribution is 0.314. The summed E-state index contributed by atoms with van der Waals surface area (Å²) < 4.78 is 7.68. The smallest absolute Gasteiger partial charge is 0.138 e. The van der Waals surface area contributed by atoms with E-state index in [9.17, 15) is 0 Å². The summed E-state index contributed by atoms with van der Waals surface area (Å²) in [5.41, 5.74) is 14.6. The molecule has 7 aromatic carbocycles. The number of hydrogen-bond acceptors (Lipinski definition) is 1. The van der Waals surface area contributed by atoms with E-state index in [0.29, 0.717) is 0 Å². The minimum absolute atomic E-state index is 0.293. The van der Waals surface area contributed by atoms with Gasteiger partial charge in [0.1, 0.15) is 5.82 Å². The maximum Gasteiger partial charge on any atom is 0.138 e. The largest absolute Gasteiger partial charge is 0.330 e.